The molecule has 130 valence electrons. The molecule has 1 saturated carbocycles. The van der Waals surface area contributed by atoms with E-state index in [0.29, 0.717) is 29.9 Å². The molecule has 3 aromatic rings. The number of aliphatic hydroxyl groups is 1. The van der Waals surface area contributed by atoms with Crippen LogP contribution in [0.4, 0.5) is 0 Å². The standard InChI is InChI=1S/C18H20N4O3/c1-10-20-15-4-3-11(7-16(15)25-10)18(24)21-17(12-5-14(23)6-12)13-8-19-22(2)9-13/h3-4,7-9,12,14,17,23H,5-6H2,1-2H3,(H,21,24)/t12?,14?,17-/m1/s1. The van der Waals surface area contributed by atoms with Gasteiger partial charge in [0.05, 0.1) is 18.3 Å². The summed E-state index contributed by atoms with van der Waals surface area (Å²) >= 11 is 0. The van der Waals surface area contributed by atoms with Crippen molar-refractivity contribution in [1.82, 2.24) is 20.1 Å². The molecule has 0 unspecified atom stereocenters. The number of aliphatic hydroxyl groups excluding tert-OH is 1. The Hall–Kier alpha value is -2.67. The summed E-state index contributed by atoms with van der Waals surface area (Å²) in [7, 11) is 1.85. The number of aromatic nitrogens is 3. The van der Waals surface area contributed by atoms with Gasteiger partial charge in [-0.25, -0.2) is 4.98 Å². The van der Waals surface area contributed by atoms with E-state index in [1.165, 1.54) is 0 Å². The third-order valence-electron chi connectivity index (χ3n) is 4.75. The van der Waals surface area contributed by atoms with E-state index in [2.05, 4.69) is 15.4 Å². The summed E-state index contributed by atoms with van der Waals surface area (Å²) in [6.07, 6.45) is 4.74. The minimum atomic E-state index is -0.283. The number of nitrogens with one attached hydrogen (secondary N) is 1. The topological polar surface area (TPSA) is 93.2 Å². The van der Waals surface area contributed by atoms with Gasteiger partial charge in [-0.1, -0.05) is 0 Å². The predicted octanol–water partition coefficient (Wildman–Crippen LogP) is 2.11. The fourth-order valence-electron chi connectivity index (χ4n) is 3.38. The Morgan fingerprint density at radius 3 is 2.92 bits per heavy atom. The fourth-order valence-corrected chi connectivity index (χ4v) is 3.38. The SMILES string of the molecule is Cc1nc2ccc(C(=O)N[C@@H](c3cnn(C)c3)C3CC(O)C3)cc2o1. The Morgan fingerprint density at radius 1 is 1.44 bits per heavy atom. The minimum absolute atomic E-state index is 0.170. The number of hydrogen-bond acceptors (Lipinski definition) is 5. The highest BCUT2D eigenvalue weighted by molar-refractivity contribution is 5.97. The van der Waals surface area contributed by atoms with Gasteiger partial charge in [-0.2, -0.15) is 5.10 Å². The zero-order valence-electron chi connectivity index (χ0n) is 14.1. The lowest BCUT2D eigenvalue weighted by atomic mass is 9.75. The lowest BCUT2D eigenvalue weighted by Crippen LogP contribution is -2.41. The molecule has 4 rings (SSSR count). The molecule has 7 heteroatoms. The van der Waals surface area contributed by atoms with Crippen LogP contribution < -0.4 is 5.32 Å². The van der Waals surface area contributed by atoms with E-state index in [-0.39, 0.29) is 24.0 Å². The number of amides is 1. The largest absolute Gasteiger partial charge is 0.441 e. The summed E-state index contributed by atoms with van der Waals surface area (Å²) in [5.74, 6) is 0.606. The normalized spacial score (nSPS) is 21.1. The molecule has 25 heavy (non-hydrogen) atoms. The van der Waals surface area contributed by atoms with Gasteiger partial charge in [0.1, 0.15) is 5.52 Å². The Bertz CT molecular complexity index is 923. The zero-order chi connectivity index (χ0) is 17.6. The molecular formula is C18H20N4O3. The third-order valence-corrected chi connectivity index (χ3v) is 4.75. The second kappa shape index (κ2) is 6.00. The molecule has 1 amide bonds. The number of carbonyl (C=O) groups is 1. The van der Waals surface area contributed by atoms with Crippen LogP contribution in [0.2, 0.25) is 0 Å². The second-order valence-electron chi connectivity index (χ2n) is 6.70. The maximum atomic E-state index is 12.7. The van der Waals surface area contributed by atoms with Crippen LogP contribution in [0.1, 0.15) is 40.7 Å². The van der Waals surface area contributed by atoms with E-state index in [0.717, 1.165) is 11.1 Å². The van der Waals surface area contributed by atoms with Crippen LogP contribution in [0, 0.1) is 12.8 Å². The summed E-state index contributed by atoms with van der Waals surface area (Å²) in [6, 6.07) is 5.07. The van der Waals surface area contributed by atoms with Gasteiger partial charge in [-0.3, -0.25) is 9.48 Å². The van der Waals surface area contributed by atoms with Gasteiger partial charge in [0.2, 0.25) is 0 Å². The van der Waals surface area contributed by atoms with Gasteiger partial charge >= 0.3 is 0 Å². The first-order valence-corrected chi connectivity index (χ1v) is 8.34. The van der Waals surface area contributed by atoms with E-state index in [1.54, 1.807) is 36.0 Å². The molecule has 0 saturated heterocycles. The number of nitrogens with zero attached hydrogens (tertiary/aromatic N) is 3. The number of oxazole rings is 1. The maximum absolute atomic E-state index is 12.7. The van der Waals surface area contributed by atoms with E-state index >= 15 is 0 Å². The molecule has 1 aliphatic rings. The summed E-state index contributed by atoms with van der Waals surface area (Å²) in [4.78, 5) is 17.0. The number of hydrogen-bond donors (Lipinski definition) is 2. The molecule has 0 aliphatic heterocycles. The van der Waals surface area contributed by atoms with Crippen LogP contribution in [-0.2, 0) is 7.05 Å². The highest BCUT2D eigenvalue weighted by atomic mass is 16.3. The first-order chi connectivity index (χ1) is 12.0. The van der Waals surface area contributed by atoms with Gasteiger partial charge in [-0.05, 0) is 37.0 Å². The van der Waals surface area contributed by atoms with Crippen molar-refractivity contribution < 1.29 is 14.3 Å². The average molecular weight is 340 g/mol. The molecule has 1 aliphatic carbocycles. The van der Waals surface area contributed by atoms with Gasteiger partial charge in [0, 0.05) is 31.3 Å². The van der Waals surface area contributed by atoms with Crippen LogP contribution in [0.25, 0.3) is 11.1 Å². The Kier molecular flexibility index (Phi) is 3.80. The van der Waals surface area contributed by atoms with Crippen LogP contribution in [0.5, 0.6) is 0 Å². The molecule has 2 heterocycles. The summed E-state index contributed by atoms with van der Waals surface area (Å²) in [5, 5.41) is 16.9. The van der Waals surface area contributed by atoms with Crippen LogP contribution >= 0.6 is 0 Å². The van der Waals surface area contributed by atoms with Gasteiger partial charge < -0.3 is 14.8 Å². The van der Waals surface area contributed by atoms with Crippen LogP contribution in [0.3, 0.4) is 0 Å². The average Bonchev–Trinajstić information content (AvgIpc) is 3.13. The van der Waals surface area contributed by atoms with Gasteiger partial charge in [0.25, 0.3) is 5.91 Å². The first kappa shape index (κ1) is 15.8. The predicted molar refractivity (Wildman–Crippen MR) is 90.9 cm³/mol. The van der Waals surface area contributed by atoms with Crippen LogP contribution in [0.15, 0.2) is 35.0 Å². The zero-order valence-corrected chi connectivity index (χ0v) is 14.1. The Morgan fingerprint density at radius 2 is 2.24 bits per heavy atom. The lowest BCUT2D eigenvalue weighted by molar-refractivity contribution is 0.0235. The Labute approximate surface area is 144 Å². The molecule has 1 aromatic carbocycles. The summed E-state index contributed by atoms with van der Waals surface area (Å²) < 4.78 is 7.22. The number of aryl methyl sites for hydroxylation is 2. The van der Waals surface area contributed by atoms with E-state index in [4.69, 9.17) is 4.42 Å². The second-order valence-corrected chi connectivity index (χ2v) is 6.70. The maximum Gasteiger partial charge on any atom is 0.251 e. The fraction of sp³-hybridized carbons (Fsp3) is 0.389. The molecule has 0 bridgehead atoms. The number of fused-ring (bicyclic) bond motifs is 1. The molecule has 0 spiro atoms. The van der Waals surface area contributed by atoms with Crippen molar-refractivity contribution in [1.29, 1.82) is 0 Å². The monoisotopic (exact) mass is 340 g/mol. The van der Waals surface area contributed by atoms with Gasteiger partial charge in [-0.15, -0.1) is 0 Å². The van der Waals surface area contributed by atoms with E-state index in [9.17, 15) is 9.90 Å². The quantitative estimate of drug-likeness (QED) is 0.759. The highest BCUT2D eigenvalue weighted by Gasteiger charge is 2.36. The molecule has 1 fully saturated rings. The van der Waals surface area contributed by atoms with Crippen LogP contribution in [-0.4, -0.2) is 31.9 Å². The Balaban J connectivity index is 1.58. The van der Waals surface area contributed by atoms with Crippen molar-refractivity contribution in [3.63, 3.8) is 0 Å². The van der Waals surface area contributed by atoms with Crippen molar-refractivity contribution in [2.45, 2.75) is 31.9 Å². The van der Waals surface area contributed by atoms with Crippen molar-refractivity contribution in [2.24, 2.45) is 13.0 Å². The molecule has 2 N–H and O–H groups in total. The van der Waals surface area contributed by atoms with Crippen molar-refractivity contribution in [2.75, 3.05) is 0 Å². The summed E-state index contributed by atoms with van der Waals surface area (Å²) in [5.41, 5.74) is 2.81. The third kappa shape index (κ3) is 3.02. The van der Waals surface area contributed by atoms with Crippen molar-refractivity contribution in [3.8, 4) is 0 Å². The minimum Gasteiger partial charge on any atom is -0.441 e. The molecule has 0 radical (unpaired) electrons. The van der Waals surface area contributed by atoms with Crippen molar-refractivity contribution >= 4 is 17.0 Å². The first-order valence-electron chi connectivity index (χ1n) is 8.34. The highest BCUT2D eigenvalue weighted by Crippen LogP contribution is 2.38. The lowest BCUT2D eigenvalue weighted by Gasteiger charge is -2.37. The molecule has 2 aromatic heterocycles. The summed E-state index contributed by atoms with van der Waals surface area (Å²) in [6.45, 7) is 1.78. The smallest absolute Gasteiger partial charge is 0.251 e. The molecule has 7 nitrogen and oxygen atoms in total. The van der Waals surface area contributed by atoms with Crippen molar-refractivity contribution in [3.05, 3.63) is 47.6 Å². The number of benzene rings is 1. The van der Waals surface area contributed by atoms with E-state index in [1.807, 2.05) is 13.2 Å². The van der Waals surface area contributed by atoms with Gasteiger partial charge in [0.15, 0.2) is 11.5 Å². The number of rotatable bonds is 4. The number of carbonyl (C=O) groups excluding carboxylic acids is 1. The molecule has 1 atom stereocenters. The van der Waals surface area contributed by atoms with E-state index < -0.39 is 0 Å². The molecular weight excluding hydrogens is 320 g/mol.